The average Bonchev–Trinajstić information content (AvgIpc) is 2.72. The summed E-state index contributed by atoms with van der Waals surface area (Å²) < 4.78 is 76.6. The molecule has 0 unspecified atom stereocenters. The summed E-state index contributed by atoms with van der Waals surface area (Å²) in [5, 5.41) is 0. The van der Waals surface area contributed by atoms with Crippen LogP contribution in [0.3, 0.4) is 0 Å². The second-order valence-electron chi connectivity index (χ2n) is 6.64. The van der Waals surface area contributed by atoms with Crippen LogP contribution in [0.4, 0.5) is 17.6 Å². The van der Waals surface area contributed by atoms with Gasteiger partial charge >= 0.3 is 8.25 Å². The zero-order valence-corrected chi connectivity index (χ0v) is 18.4. The van der Waals surface area contributed by atoms with Crippen molar-refractivity contribution >= 4 is 8.25 Å². The summed E-state index contributed by atoms with van der Waals surface area (Å²) in [6.07, 6.45) is -3.62. The molecule has 0 saturated heterocycles. The maximum atomic E-state index is 13.3. The summed E-state index contributed by atoms with van der Waals surface area (Å²) in [5.41, 5.74) is 1.91. The van der Waals surface area contributed by atoms with E-state index >= 15 is 0 Å². The van der Waals surface area contributed by atoms with Gasteiger partial charge in [0, 0.05) is 26.8 Å². The van der Waals surface area contributed by atoms with E-state index in [0.717, 1.165) is 0 Å². The molecule has 0 fully saturated rings. The fraction of sp³-hybridized carbons (Fsp3) is 0.455. The van der Waals surface area contributed by atoms with Gasteiger partial charge in [0.2, 0.25) is 0 Å². The predicted octanol–water partition coefficient (Wildman–Crippen LogP) is 7.93. The molecule has 0 aromatic heterocycles. The molecule has 2 aromatic carbocycles. The van der Waals surface area contributed by atoms with Crippen LogP contribution in [0, 0.1) is 0 Å². The highest BCUT2D eigenvalue weighted by Crippen LogP contribution is 2.40. The lowest BCUT2D eigenvalue weighted by Crippen LogP contribution is -2.04. The number of alkyl halides is 4. The van der Waals surface area contributed by atoms with Gasteiger partial charge < -0.3 is 0 Å². The Bertz CT molecular complexity index is 829. The van der Waals surface area contributed by atoms with Crippen LogP contribution in [0.1, 0.15) is 73.9 Å². The minimum Gasteiger partial charge on any atom is -0.222 e. The Morgan fingerprint density at radius 1 is 0.667 bits per heavy atom. The maximum absolute atomic E-state index is 13.3. The molecular weight excluding hydrogens is 419 g/mol. The van der Waals surface area contributed by atoms with Gasteiger partial charge in [0.05, 0.1) is 0 Å². The normalized spacial score (nSPS) is 11.3. The first-order valence-corrected chi connectivity index (χ1v) is 11.1. The summed E-state index contributed by atoms with van der Waals surface area (Å²) in [7, 11) is -2.69. The Balaban J connectivity index is 2.34. The highest BCUT2D eigenvalue weighted by molar-refractivity contribution is 7.34. The zero-order valence-electron chi connectivity index (χ0n) is 17.5. The van der Waals surface area contributed by atoms with Crippen molar-refractivity contribution in [3.05, 3.63) is 57.6 Å². The van der Waals surface area contributed by atoms with Gasteiger partial charge in [0.15, 0.2) is 11.5 Å². The Hall–Kier alpha value is -2.14. The van der Waals surface area contributed by atoms with Crippen molar-refractivity contribution in [3.63, 3.8) is 0 Å². The van der Waals surface area contributed by atoms with Gasteiger partial charge in [0.1, 0.15) is 0 Å². The van der Waals surface area contributed by atoms with E-state index in [1.807, 2.05) is 0 Å². The van der Waals surface area contributed by atoms with Gasteiger partial charge in [-0.2, -0.15) is 0 Å². The molecular formula is C22H26F4O3P+. The Morgan fingerprint density at radius 2 is 1.00 bits per heavy atom. The summed E-state index contributed by atoms with van der Waals surface area (Å²) in [6.45, 7) is 7.14. The lowest BCUT2D eigenvalue weighted by Gasteiger charge is -2.14. The van der Waals surface area contributed by atoms with Crippen LogP contribution in [0.2, 0.25) is 0 Å². The molecule has 0 N–H and O–H groups in total. The Morgan fingerprint density at radius 3 is 1.27 bits per heavy atom. The van der Waals surface area contributed by atoms with E-state index in [-0.39, 0.29) is 22.6 Å². The van der Waals surface area contributed by atoms with Crippen LogP contribution in [0.5, 0.6) is 11.5 Å². The molecule has 0 atom stereocenters. The van der Waals surface area contributed by atoms with Crippen LogP contribution in [0.25, 0.3) is 0 Å². The van der Waals surface area contributed by atoms with Crippen LogP contribution in [-0.4, -0.2) is 0 Å². The molecule has 0 saturated carbocycles. The minimum atomic E-state index is -2.69. The molecule has 2 aromatic rings. The molecule has 0 heterocycles. The number of rotatable bonds is 10. The van der Waals surface area contributed by atoms with Crippen LogP contribution < -0.4 is 9.05 Å². The van der Waals surface area contributed by atoms with Gasteiger partial charge in [-0.15, -0.1) is 0 Å². The molecule has 0 aliphatic heterocycles. The Labute approximate surface area is 175 Å². The highest BCUT2D eigenvalue weighted by Gasteiger charge is 2.30. The van der Waals surface area contributed by atoms with E-state index in [0.29, 0.717) is 47.9 Å². The second kappa shape index (κ2) is 10.8. The summed E-state index contributed by atoms with van der Waals surface area (Å²) in [5.74, 6) is 0.440. The smallest absolute Gasteiger partial charge is 0.222 e. The van der Waals surface area contributed by atoms with E-state index in [9.17, 15) is 22.1 Å². The van der Waals surface area contributed by atoms with Crippen molar-refractivity contribution in [2.75, 3.05) is 0 Å². The molecule has 164 valence electrons. The molecule has 0 spiro atoms. The monoisotopic (exact) mass is 445 g/mol. The number of benzene rings is 2. The van der Waals surface area contributed by atoms with Crippen LogP contribution in [-0.2, 0) is 30.2 Å². The van der Waals surface area contributed by atoms with Crippen molar-refractivity contribution in [1.29, 1.82) is 0 Å². The van der Waals surface area contributed by atoms with Gasteiger partial charge in [-0.3, -0.25) is 0 Å². The van der Waals surface area contributed by atoms with E-state index in [1.165, 1.54) is 24.3 Å². The van der Waals surface area contributed by atoms with Gasteiger partial charge in [-0.05, 0) is 61.1 Å². The highest BCUT2D eigenvalue weighted by atomic mass is 31.1. The predicted molar refractivity (Wildman–Crippen MR) is 109 cm³/mol. The first kappa shape index (κ1) is 24.1. The third kappa shape index (κ3) is 5.12. The van der Waals surface area contributed by atoms with E-state index in [2.05, 4.69) is 0 Å². The third-order valence-corrected chi connectivity index (χ3v) is 5.77. The molecule has 8 heteroatoms. The first-order chi connectivity index (χ1) is 14.3. The van der Waals surface area contributed by atoms with Crippen molar-refractivity contribution < 1.29 is 31.2 Å². The number of hydrogen-bond acceptors (Lipinski definition) is 3. The zero-order chi connectivity index (χ0) is 22.4. The van der Waals surface area contributed by atoms with Crippen molar-refractivity contribution in [1.82, 2.24) is 0 Å². The maximum Gasteiger partial charge on any atom is 0.805 e. The van der Waals surface area contributed by atoms with E-state index < -0.39 is 21.1 Å². The molecule has 0 radical (unpaired) electrons. The number of hydrogen-bond donors (Lipinski definition) is 0. The average molecular weight is 445 g/mol. The topological polar surface area (TPSA) is 35.5 Å². The van der Waals surface area contributed by atoms with Gasteiger partial charge in [0.25, 0.3) is 12.9 Å². The third-order valence-electron chi connectivity index (χ3n) is 5.08. The van der Waals surface area contributed by atoms with E-state index in [4.69, 9.17) is 9.05 Å². The summed E-state index contributed by atoms with van der Waals surface area (Å²) >= 11 is 0. The van der Waals surface area contributed by atoms with Gasteiger partial charge in [-0.25, -0.2) is 26.6 Å². The quantitative estimate of drug-likeness (QED) is 0.275. The second-order valence-corrected chi connectivity index (χ2v) is 7.45. The summed E-state index contributed by atoms with van der Waals surface area (Å²) in [6, 6.07) is 5.28. The lowest BCUT2D eigenvalue weighted by atomic mass is 9.96. The van der Waals surface area contributed by atoms with Crippen molar-refractivity contribution in [3.8, 4) is 11.5 Å². The molecule has 3 nitrogen and oxygen atoms in total. The van der Waals surface area contributed by atoms with Crippen molar-refractivity contribution in [2.24, 2.45) is 0 Å². The van der Waals surface area contributed by atoms with Crippen molar-refractivity contribution in [2.45, 2.75) is 66.2 Å². The minimum absolute atomic E-state index is 0.0683. The van der Waals surface area contributed by atoms with Gasteiger partial charge in [-0.1, -0.05) is 27.7 Å². The molecule has 30 heavy (non-hydrogen) atoms. The standard InChI is InChI=1S/C22H26F4O3P/c1-5-13-15(7-3)19(11-9-17(13)21(23)24)28-30(27)29-20-12-10-18(22(25)26)14(6-2)16(20)8-4/h9-12,21-22H,5-8H2,1-4H3/q+1. The fourth-order valence-corrected chi connectivity index (χ4v) is 4.45. The van der Waals surface area contributed by atoms with Crippen LogP contribution in [0.15, 0.2) is 24.3 Å². The molecule has 2 rings (SSSR count). The van der Waals surface area contributed by atoms with Crippen LogP contribution >= 0.6 is 8.25 Å². The fourth-order valence-electron chi connectivity index (χ4n) is 3.75. The molecule has 0 amide bonds. The molecule has 0 bridgehead atoms. The SMILES string of the molecule is CCc1c(O[P+](=O)Oc2ccc(C(F)F)c(CC)c2CC)ccc(C(F)F)c1CC. The van der Waals surface area contributed by atoms with E-state index in [1.54, 1.807) is 27.7 Å². The first-order valence-electron chi connectivity index (χ1n) is 9.97. The Kier molecular flexibility index (Phi) is 8.65. The molecule has 0 aliphatic rings. The lowest BCUT2D eigenvalue weighted by molar-refractivity contribution is 0.149. The summed E-state index contributed by atoms with van der Waals surface area (Å²) in [4.78, 5) is 0. The molecule has 0 aliphatic carbocycles. The number of halogens is 4. The largest absolute Gasteiger partial charge is 0.805 e.